The van der Waals surface area contributed by atoms with Gasteiger partial charge in [0.1, 0.15) is 11.6 Å². The zero-order chi connectivity index (χ0) is 16.5. The highest BCUT2D eigenvalue weighted by atomic mass is 35.5. The highest BCUT2D eigenvalue weighted by Crippen LogP contribution is 2.22. The number of halogens is 1. The Kier molecular flexibility index (Phi) is 6.96. The molecule has 2 rings (SSSR count). The standard InChI is InChI=1S/C18H22ClN3O/c19-8-9-21-14-17(13-20)18(23)22-10-6-16(7-11-22)12-15-4-2-1-3-5-15/h1-5,14,16,21H,6-12H2/b17-14-. The summed E-state index contributed by atoms with van der Waals surface area (Å²) in [6.07, 6.45) is 4.49. The Balaban J connectivity index is 1.84. The first-order chi connectivity index (χ1) is 11.2. The Morgan fingerprint density at radius 2 is 2.04 bits per heavy atom. The smallest absolute Gasteiger partial charge is 0.265 e. The number of rotatable bonds is 6. The minimum absolute atomic E-state index is 0.150. The van der Waals surface area contributed by atoms with Crippen LogP contribution in [-0.4, -0.2) is 36.3 Å². The van der Waals surface area contributed by atoms with E-state index >= 15 is 0 Å². The van der Waals surface area contributed by atoms with Crippen LogP contribution >= 0.6 is 11.6 Å². The van der Waals surface area contributed by atoms with Crippen LogP contribution in [0.1, 0.15) is 18.4 Å². The van der Waals surface area contributed by atoms with E-state index in [-0.39, 0.29) is 11.5 Å². The molecule has 1 N–H and O–H groups in total. The van der Waals surface area contributed by atoms with Crippen molar-refractivity contribution in [2.24, 2.45) is 5.92 Å². The van der Waals surface area contributed by atoms with Crippen LogP contribution in [0.15, 0.2) is 42.1 Å². The lowest BCUT2D eigenvalue weighted by Gasteiger charge is -2.32. The van der Waals surface area contributed by atoms with Gasteiger partial charge in [0.25, 0.3) is 5.91 Å². The fraction of sp³-hybridized carbons (Fsp3) is 0.444. The Hall–Kier alpha value is -1.99. The van der Waals surface area contributed by atoms with Gasteiger partial charge >= 0.3 is 0 Å². The number of hydrogen-bond donors (Lipinski definition) is 1. The van der Waals surface area contributed by atoms with E-state index in [2.05, 4.69) is 29.6 Å². The topological polar surface area (TPSA) is 56.1 Å². The van der Waals surface area contributed by atoms with E-state index in [4.69, 9.17) is 16.9 Å². The molecular formula is C18H22ClN3O. The largest absolute Gasteiger partial charge is 0.388 e. The van der Waals surface area contributed by atoms with E-state index in [0.717, 1.165) is 19.3 Å². The summed E-state index contributed by atoms with van der Waals surface area (Å²) in [5.41, 5.74) is 1.50. The minimum Gasteiger partial charge on any atom is -0.388 e. The van der Waals surface area contributed by atoms with Crippen molar-refractivity contribution < 1.29 is 4.79 Å². The minimum atomic E-state index is -0.187. The van der Waals surface area contributed by atoms with Crippen LogP contribution in [0, 0.1) is 17.2 Å². The molecule has 23 heavy (non-hydrogen) atoms. The van der Waals surface area contributed by atoms with Gasteiger partial charge < -0.3 is 10.2 Å². The molecule has 1 heterocycles. The number of amides is 1. The molecule has 0 radical (unpaired) electrons. The van der Waals surface area contributed by atoms with Crippen LogP contribution < -0.4 is 5.32 Å². The van der Waals surface area contributed by atoms with Crippen LogP contribution in [0.2, 0.25) is 0 Å². The molecule has 1 aromatic rings. The van der Waals surface area contributed by atoms with Crippen molar-refractivity contribution in [3.63, 3.8) is 0 Å². The van der Waals surface area contributed by atoms with Gasteiger partial charge in [-0.1, -0.05) is 30.3 Å². The molecule has 0 atom stereocenters. The molecule has 0 saturated carbocycles. The zero-order valence-corrected chi connectivity index (χ0v) is 13.9. The predicted octanol–water partition coefficient (Wildman–Crippen LogP) is 2.70. The molecule has 0 aliphatic carbocycles. The van der Waals surface area contributed by atoms with E-state index in [9.17, 15) is 4.79 Å². The number of carbonyl (C=O) groups is 1. The molecule has 4 nitrogen and oxygen atoms in total. The molecule has 0 unspecified atom stereocenters. The van der Waals surface area contributed by atoms with Crippen molar-refractivity contribution >= 4 is 17.5 Å². The Morgan fingerprint density at radius 3 is 2.65 bits per heavy atom. The number of nitrogens with zero attached hydrogens (tertiary/aromatic N) is 2. The van der Waals surface area contributed by atoms with Crippen molar-refractivity contribution in [3.8, 4) is 6.07 Å². The molecule has 1 aliphatic rings. The molecule has 122 valence electrons. The van der Waals surface area contributed by atoms with Crippen LogP contribution in [0.3, 0.4) is 0 Å². The zero-order valence-electron chi connectivity index (χ0n) is 13.2. The summed E-state index contributed by atoms with van der Waals surface area (Å²) in [4.78, 5) is 14.1. The number of piperidine rings is 1. The second-order valence-corrected chi connectivity index (χ2v) is 6.12. The third-order valence-electron chi connectivity index (χ3n) is 4.11. The van der Waals surface area contributed by atoms with Crippen molar-refractivity contribution in [2.75, 3.05) is 25.5 Å². The van der Waals surface area contributed by atoms with Gasteiger partial charge in [0, 0.05) is 31.7 Å². The third-order valence-corrected chi connectivity index (χ3v) is 4.29. The summed E-state index contributed by atoms with van der Waals surface area (Å²) in [5, 5.41) is 12.0. The van der Waals surface area contributed by atoms with Crippen LogP contribution in [0.25, 0.3) is 0 Å². The molecule has 0 spiro atoms. The van der Waals surface area contributed by atoms with Gasteiger partial charge in [0.15, 0.2) is 0 Å². The number of likely N-dealkylation sites (tertiary alicyclic amines) is 1. The highest BCUT2D eigenvalue weighted by Gasteiger charge is 2.25. The molecule has 1 aromatic carbocycles. The average molecular weight is 332 g/mol. The van der Waals surface area contributed by atoms with Gasteiger partial charge in [0.2, 0.25) is 0 Å². The lowest BCUT2D eigenvalue weighted by Crippen LogP contribution is -2.39. The first kappa shape index (κ1) is 17.4. The summed E-state index contributed by atoms with van der Waals surface area (Å²) in [7, 11) is 0. The van der Waals surface area contributed by atoms with Crippen LogP contribution in [0.5, 0.6) is 0 Å². The first-order valence-electron chi connectivity index (χ1n) is 7.97. The number of alkyl halides is 1. The van der Waals surface area contributed by atoms with E-state index in [1.165, 1.54) is 11.8 Å². The molecule has 1 aliphatic heterocycles. The second kappa shape index (κ2) is 9.22. The maximum absolute atomic E-state index is 12.4. The van der Waals surface area contributed by atoms with Gasteiger partial charge in [-0.25, -0.2) is 0 Å². The van der Waals surface area contributed by atoms with Gasteiger partial charge in [-0.05, 0) is 30.7 Å². The normalized spacial score (nSPS) is 16.0. The van der Waals surface area contributed by atoms with E-state index in [1.807, 2.05) is 12.1 Å². The van der Waals surface area contributed by atoms with Crippen molar-refractivity contribution in [1.82, 2.24) is 10.2 Å². The number of hydrogen-bond acceptors (Lipinski definition) is 3. The SMILES string of the molecule is N#C/C(=C/NCCCl)C(=O)N1CCC(Cc2ccccc2)CC1. The van der Waals surface area contributed by atoms with Gasteiger partial charge in [-0.15, -0.1) is 11.6 Å². The van der Waals surface area contributed by atoms with E-state index < -0.39 is 0 Å². The summed E-state index contributed by atoms with van der Waals surface area (Å²) in [6.45, 7) is 1.97. The quantitative estimate of drug-likeness (QED) is 0.377. The lowest BCUT2D eigenvalue weighted by molar-refractivity contribution is -0.128. The van der Waals surface area contributed by atoms with E-state index in [0.29, 0.717) is 31.4 Å². The summed E-state index contributed by atoms with van der Waals surface area (Å²) in [5.74, 6) is 0.854. The number of benzene rings is 1. The monoisotopic (exact) mass is 331 g/mol. The molecule has 0 aromatic heterocycles. The molecule has 5 heteroatoms. The van der Waals surface area contributed by atoms with Gasteiger partial charge in [0.05, 0.1) is 0 Å². The maximum Gasteiger partial charge on any atom is 0.265 e. The molecule has 1 amide bonds. The average Bonchev–Trinajstić information content (AvgIpc) is 2.60. The fourth-order valence-electron chi connectivity index (χ4n) is 2.83. The molecular weight excluding hydrogens is 310 g/mol. The number of nitrogens with one attached hydrogen (secondary N) is 1. The first-order valence-corrected chi connectivity index (χ1v) is 8.51. The summed E-state index contributed by atoms with van der Waals surface area (Å²) in [6, 6.07) is 12.4. The second-order valence-electron chi connectivity index (χ2n) is 5.74. The summed E-state index contributed by atoms with van der Waals surface area (Å²) >= 11 is 5.57. The van der Waals surface area contributed by atoms with Gasteiger partial charge in [-0.2, -0.15) is 5.26 Å². The molecule has 0 bridgehead atoms. The summed E-state index contributed by atoms with van der Waals surface area (Å²) < 4.78 is 0. The number of nitriles is 1. The number of carbonyl (C=O) groups excluding carboxylic acids is 1. The van der Waals surface area contributed by atoms with Crippen LogP contribution in [-0.2, 0) is 11.2 Å². The highest BCUT2D eigenvalue weighted by molar-refractivity contribution is 6.18. The predicted molar refractivity (Wildman–Crippen MR) is 91.9 cm³/mol. The molecule has 1 fully saturated rings. The van der Waals surface area contributed by atoms with Crippen molar-refractivity contribution in [1.29, 1.82) is 5.26 Å². The third kappa shape index (κ3) is 5.30. The van der Waals surface area contributed by atoms with Crippen molar-refractivity contribution in [2.45, 2.75) is 19.3 Å². The Labute approximate surface area is 142 Å². The fourth-order valence-corrected chi connectivity index (χ4v) is 2.94. The molecule has 1 saturated heterocycles. The van der Waals surface area contributed by atoms with E-state index in [1.54, 1.807) is 4.90 Å². The maximum atomic E-state index is 12.4. The Morgan fingerprint density at radius 1 is 1.35 bits per heavy atom. The Bertz CT molecular complexity index is 572. The van der Waals surface area contributed by atoms with Crippen LogP contribution in [0.4, 0.5) is 0 Å². The van der Waals surface area contributed by atoms with Crippen molar-refractivity contribution in [3.05, 3.63) is 47.7 Å². The van der Waals surface area contributed by atoms with Gasteiger partial charge in [-0.3, -0.25) is 4.79 Å². The lowest BCUT2D eigenvalue weighted by atomic mass is 9.90.